The first-order valence-corrected chi connectivity index (χ1v) is 10.8. The molecule has 2 heterocycles. The minimum Gasteiger partial charge on any atom is -0.493 e. The molecule has 1 aliphatic carbocycles. The average Bonchev–Trinajstić information content (AvgIpc) is 3.14. The number of allylic oxidation sites excluding steroid dienone is 2. The fourth-order valence-electron chi connectivity index (χ4n) is 3.35. The molecule has 1 aromatic carbocycles. The summed E-state index contributed by atoms with van der Waals surface area (Å²) in [5, 5.41) is 9.81. The van der Waals surface area contributed by atoms with Crippen molar-refractivity contribution in [3.63, 3.8) is 0 Å². The van der Waals surface area contributed by atoms with Crippen molar-refractivity contribution >= 4 is 28.7 Å². The van der Waals surface area contributed by atoms with Crippen LogP contribution in [0.25, 0.3) is 22.4 Å². The summed E-state index contributed by atoms with van der Waals surface area (Å²) < 4.78 is 11.5. The number of ether oxygens (including phenoxy) is 2. The molecule has 2 aromatic heterocycles. The van der Waals surface area contributed by atoms with Crippen LogP contribution in [0.5, 0.6) is 11.8 Å². The van der Waals surface area contributed by atoms with Crippen molar-refractivity contribution in [2.45, 2.75) is 27.2 Å². The highest BCUT2D eigenvalue weighted by molar-refractivity contribution is 6.33. The summed E-state index contributed by atoms with van der Waals surface area (Å²) in [6.07, 6.45) is 3.95. The Morgan fingerprint density at radius 2 is 2.03 bits per heavy atom. The molecule has 2 N–H and O–H groups in total. The molecule has 7 nitrogen and oxygen atoms in total. The molecular weight excluding hydrogens is 430 g/mol. The largest absolute Gasteiger partial charge is 0.493 e. The molecule has 4 rings (SSSR count). The fraction of sp³-hybridized carbons (Fsp3) is 0.292. The van der Waals surface area contributed by atoms with Crippen LogP contribution in [0, 0.1) is 11.8 Å². The van der Waals surface area contributed by atoms with Crippen LogP contribution in [0.15, 0.2) is 53.8 Å². The lowest BCUT2D eigenvalue weighted by molar-refractivity contribution is -0.133. The van der Waals surface area contributed by atoms with Crippen LogP contribution >= 0.6 is 11.6 Å². The maximum absolute atomic E-state index is 11.4. The van der Waals surface area contributed by atoms with Gasteiger partial charge in [-0.25, -0.2) is 9.78 Å². The maximum atomic E-state index is 11.4. The highest BCUT2D eigenvalue weighted by Crippen LogP contribution is 2.31. The SMILES string of the molecule is CC(C)COc1ccc(-c2nc3nc(OC4=CCC(C)C(C(=O)O)=C4)[nH]c3cc2Cl)cc1. The molecule has 0 aliphatic heterocycles. The van der Waals surface area contributed by atoms with E-state index in [9.17, 15) is 9.90 Å². The Kier molecular flexibility index (Phi) is 6.19. The molecule has 0 fully saturated rings. The summed E-state index contributed by atoms with van der Waals surface area (Å²) in [4.78, 5) is 23.4. The lowest BCUT2D eigenvalue weighted by atomic mass is 9.93. The number of imidazole rings is 1. The molecule has 0 spiro atoms. The second-order valence-electron chi connectivity index (χ2n) is 8.21. The van der Waals surface area contributed by atoms with E-state index in [2.05, 4.69) is 28.8 Å². The number of benzene rings is 1. The van der Waals surface area contributed by atoms with Gasteiger partial charge in [0.1, 0.15) is 11.5 Å². The number of hydrogen-bond donors (Lipinski definition) is 2. The Morgan fingerprint density at radius 1 is 1.28 bits per heavy atom. The van der Waals surface area contributed by atoms with Gasteiger partial charge in [-0.3, -0.25) is 0 Å². The number of nitrogens with zero attached hydrogens (tertiary/aromatic N) is 2. The topological polar surface area (TPSA) is 97.3 Å². The molecule has 0 bridgehead atoms. The predicted octanol–water partition coefficient (Wildman–Crippen LogP) is 5.63. The van der Waals surface area contributed by atoms with Gasteiger partial charge in [0.2, 0.25) is 0 Å². The van der Waals surface area contributed by atoms with Crippen molar-refractivity contribution in [1.29, 1.82) is 0 Å². The van der Waals surface area contributed by atoms with E-state index in [4.69, 9.17) is 21.1 Å². The minimum absolute atomic E-state index is 0.0688. The van der Waals surface area contributed by atoms with Gasteiger partial charge < -0.3 is 19.6 Å². The molecule has 1 unspecified atom stereocenters. The third-order valence-corrected chi connectivity index (χ3v) is 5.37. The van der Waals surface area contributed by atoms with Gasteiger partial charge in [0, 0.05) is 11.1 Å². The number of halogens is 1. The third kappa shape index (κ3) is 4.78. The van der Waals surface area contributed by atoms with E-state index >= 15 is 0 Å². The number of nitrogens with one attached hydrogen (secondary N) is 1. The summed E-state index contributed by atoms with van der Waals surface area (Å²) in [6, 6.07) is 9.57. The molecule has 8 heteroatoms. The Bertz CT molecular complexity index is 1210. The number of aromatic amines is 1. The molecule has 3 aromatic rings. The molecule has 0 saturated heterocycles. The van der Waals surface area contributed by atoms with E-state index in [1.165, 1.54) is 6.08 Å². The predicted molar refractivity (Wildman–Crippen MR) is 123 cm³/mol. The number of carbonyl (C=O) groups is 1. The first kappa shape index (κ1) is 21.9. The summed E-state index contributed by atoms with van der Waals surface area (Å²) in [6.45, 7) is 6.72. The number of aromatic nitrogens is 3. The number of carboxylic acids is 1. The monoisotopic (exact) mass is 453 g/mol. The first-order valence-electron chi connectivity index (χ1n) is 10.4. The summed E-state index contributed by atoms with van der Waals surface area (Å²) >= 11 is 6.48. The zero-order valence-corrected chi connectivity index (χ0v) is 18.8. The number of hydrogen-bond acceptors (Lipinski definition) is 5. The number of aliphatic carboxylic acids is 1. The Balaban J connectivity index is 1.57. The van der Waals surface area contributed by atoms with Crippen molar-refractivity contribution in [2.24, 2.45) is 11.8 Å². The number of fused-ring (bicyclic) bond motifs is 1. The van der Waals surface area contributed by atoms with E-state index in [1.54, 1.807) is 6.07 Å². The Hall–Kier alpha value is -3.32. The minimum atomic E-state index is -0.949. The Labute approximate surface area is 190 Å². The molecular formula is C24H24ClN3O4. The summed E-state index contributed by atoms with van der Waals surface area (Å²) in [7, 11) is 0. The van der Waals surface area contributed by atoms with Crippen LogP contribution in [0.1, 0.15) is 27.2 Å². The van der Waals surface area contributed by atoms with Crippen LogP contribution in [0.3, 0.4) is 0 Å². The highest BCUT2D eigenvalue weighted by Gasteiger charge is 2.21. The van der Waals surface area contributed by atoms with E-state index in [0.717, 1.165) is 11.3 Å². The van der Waals surface area contributed by atoms with Crippen molar-refractivity contribution in [3.05, 3.63) is 58.8 Å². The molecule has 32 heavy (non-hydrogen) atoms. The van der Waals surface area contributed by atoms with Crippen LogP contribution in [-0.2, 0) is 4.79 Å². The maximum Gasteiger partial charge on any atom is 0.331 e. The highest BCUT2D eigenvalue weighted by atomic mass is 35.5. The van der Waals surface area contributed by atoms with Crippen LogP contribution in [0.4, 0.5) is 0 Å². The standard InChI is InChI=1S/C24H24ClN3O4/c1-13(2)12-31-16-8-5-15(6-9-16)21-19(25)11-20-22(27-21)28-24(26-20)32-17-7-4-14(3)18(10-17)23(29)30/h5-11,13-14H,4,12H2,1-3H3,(H,29,30)(H,26,27,28). The summed E-state index contributed by atoms with van der Waals surface area (Å²) in [5.41, 5.74) is 2.83. The molecule has 166 valence electrons. The molecule has 0 radical (unpaired) electrons. The van der Waals surface area contributed by atoms with Gasteiger partial charge in [-0.1, -0.05) is 32.4 Å². The average molecular weight is 454 g/mol. The summed E-state index contributed by atoms with van der Waals surface area (Å²) in [5.74, 6) is 0.654. The number of pyridine rings is 1. The molecule has 0 amide bonds. The smallest absolute Gasteiger partial charge is 0.331 e. The van der Waals surface area contributed by atoms with Crippen LogP contribution in [-0.4, -0.2) is 32.6 Å². The molecule has 0 saturated carbocycles. The van der Waals surface area contributed by atoms with Gasteiger partial charge in [-0.2, -0.15) is 4.98 Å². The van der Waals surface area contributed by atoms with Crippen molar-refractivity contribution in [3.8, 4) is 23.0 Å². The van der Waals surface area contributed by atoms with Gasteiger partial charge in [0.15, 0.2) is 5.65 Å². The Morgan fingerprint density at radius 3 is 2.72 bits per heavy atom. The normalized spacial score (nSPS) is 16.1. The zero-order valence-electron chi connectivity index (χ0n) is 18.1. The number of rotatable bonds is 7. The van der Waals surface area contributed by atoms with Crippen molar-refractivity contribution in [1.82, 2.24) is 15.0 Å². The van der Waals surface area contributed by atoms with E-state index in [0.29, 0.717) is 52.2 Å². The van der Waals surface area contributed by atoms with Crippen LogP contribution in [0.2, 0.25) is 5.02 Å². The fourth-order valence-corrected chi connectivity index (χ4v) is 3.61. The molecule has 1 aliphatic rings. The van der Waals surface area contributed by atoms with Crippen molar-refractivity contribution in [2.75, 3.05) is 6.61 Å². The van der Waals surface area contributed by atoms with Gasteiger partial charge in [-0.15, -0.1) is 0 Å². The van der Waals surface area contributed by atoms with Gasteiger partial charge >= 0.3 is 12.0 Å². The van der Waals surface area contributed by atoms with Crippen molar-refractivity contribution < 1.29 is 19.4 Å². The first-order chi connectivity index (χ1) is 15.3. The lowest BCUT2D eigenvalue weighted by Gasteiger charge is -2.16. The van der Waals surface area contributed by atoms with E-state index in [-0.39, 0.29) is 11.9 Å². The van der Waals surface area contributed by atoms with Crippen LogP contribution < -0.4 is 9.47 Å². The van der Waals surface area contributed by atoms with E-state index < -0.39 is 5.97 Å². The second-order valence-corrected chi connectivity index (χ2v) is 8.62. The quantitative estimate of drug-likeness (QED) is 0.481. The van der Waals surface area contributed by atoms with E-state index in [1.807, 2.05) is 37.3 Å². The van der Waals surface area contributed by atoms with Gasteiger partial charge in [0.05, 0.1) is 22.8 Å². The zero-order chi connectivity index (χ0) is 22.8. The third-order valence-electron chi connectivity index (χ3n) is 5.08. The second kappa shape index (κ2) is 9.04. The lowest BCUT2D eigenvalue weighted by Crippen LogP contribution is -2.14. The molecule has 1 atom stereocenters. The van der Waals surface area contributed by atoms with Gasteiger partial charge in [-0.05, 0) is 60.7 Å². The number of H-pyrrole nitrogens is 1. The number of carboxylic acid groups (broad SMARTS) is 1. The van der Waals surface area contributed by atoms with Gasteiger partial charge in [0.25, 0.3) is 0 Å².